The smallest absolute Gasteiger partial charge is 0.228 e. The minimum atomic E-state index is -0.248. The van der Waals surface area contributed by atoms with Crippen molar-refractivity contribution in [1.29, 1.82) is 0 Å². The van der Waals surface area contributed by atoms with Crippen molar-refractivity contribution in [3.8, 4) is 0 Å². The van der Waals surface area contributed by atoms with Crippen LogP contribution in [0.1, 0.15) is 32.3 Å². The molecule has 3 rings (SSSR count). The van der Waals surface area contributed by atoms with E-state index in [0.717, 1.165) is 25.9 Å². The molecule has 2 heterocycles. The second-order valence-electron chi connectivity index (χ2n) is 6.99. The number of hydrogen-bond donors (Lipinski definition) is 1. The van der Waals surface area contributed by atoms with Crippen molar-refractivity contribution in [3.05, 3.63) is 34.6 Å². The zero-order valence-electron chi connectivity index (χ0n) is 13.0. The molecule has 5 heteroatoms. The molecule has 2 saturated heterocycles. The van der Waals surface area contributed by atoms with Crippen molar-refractivity contribution in [2.75, 3.05) is 13.1 Å². The molecule has 0 aliphatic carbocycles. The summed E-state index contributed by atoms with van der Waals surface area (Å²) in [5.74, 6) is 0.431. The molecule has 1 amide bonds. The maximum Gasteiger partial charge on any atom is 0.228 e. The van der Waals surface area contributed by atoms with Crippen LogP contribution in [0.3, 0.4) is 0 Å². The number of β-lactam (4-membered cyclic amide) rings is 1. The van der Waals surface area contributed by atoms with Crippen LogP contribution in [0.15, 0.2) is 18.2 Å². The predicted molar refractivity (Wildman–Crippen MR) is 85.1 cm³/mol. The Hall–Kier alpha value is -1.13. The van der Waals surface area contributed by atoms with Crippen molar-refractivity contribution in [1.82, 2.24) is 10.2 Å². The first-order valence-corrected chi connectivity index (χ1v) is 8.23. The van der Waals surface area contributed by atoms with E-state index in [9.17, 15) is 9.18 Å². The van der Waals surface area contributed by atoms with Crippen LogP contribution in [0.4, 0.5) is 4.39 Å². The summed E-state index contributed by atoms with van der Waals surface area (Å²) in [4.78, 5) is 13.9. The summed E-state index contributed by atoms with van der Waals surface area (Å²) in [6.45, 7) is 6.41. The SMILES string of the molecule is CC1(C)C(=O)NC1C1CCN(Cc2c(F)cccc2Cl)CC1. The molecular weight excluding hydrogens is 303 g/mol. The Labute approximate surface area is 135 Å². The fourth-order valence-electron chi connectivity index (χ4n) is 3.63. The van der Waals surface area contributed by atoms with Gasteiger partial charge in [-0.25, -0.2) is 4.39 Å². The largest absolute Gasteiger partial charge is 0.351 e. The monoisotopic (exact) mass is 324 g/mol. The Balaban J connectivity index is 1.58. The first-order valence-electron chi connectivity index (χ1n) is 7.86. The number of likely N-dealkylation sites (tertiary alicyclic amines) is 1. The molecule has 0 aromatic heterocycles. The summed E-state index contributed by atoms with van der Waals surface area (Å²) in [6, 6.07) is 5.10. The summed E-state index contributed by atoms with van der Waals surface area (Å²) >= 11 is 6.10. The van der Waals surface area contributed by atoms with Crippen LogP contribution in [-0.4, -0.2) is 29.9 Å². The Kier molecular flexibility index (Phi) is 4.17. The third-order valence-electron chi connectivity index (χ3n) is 5.20. The van der Waals surface area contributed by atoms with Crippen LogP contribution in [0.5, 0.6) is 0 Å². The van der Waals surface area contributed by atoms with Gasteiger partial charge < -0.3 is 5.32 Å². The highest BCUT2D eigenvalue weighted by atomic mass is 35.5. The molecule has 3 nitrogen and oxygen atoms in total. The second kappa shape index (κ2) is 5.82. The summed E-state index contributed by atoms with van der Waals surface area (Å²) in [6.07, 6.45) is 2.06. The fourth-order valence-corrected chi connectivity index (χ4v) is 3.85. The van der Waals surface area contributed by atoms with E-state index < -0.39 is 0 Å². The Morgan fingerprint density at radius 3 is 2.59 bits per heavy atom. The van der Waals surface area contributed by atoms with Gasteiger partial charge in [-0.15, -0.1) is 0 Å². The summed E-state index contributed by atoms with van der Waals surface area (Å²) in [7, 11) is 0. The number of carbonyl (C=O) groups is 1. The van der Waals surface area contributed by atoms with E-state index in [2.05, 4.69) is 10.2 Å². The van der Waals surface area contributed by atoms with Crippen LogP contribution >= 0.6 is 11.6 Å². The van der Waals surface area contributed by atoms with Crippen LogP contribution in [0.2, 0.25) is 5.02 Å². The third-order valence-corrected chi connectivity index (χ3v) is 5.55. The average Bonchev–Trinajstić information content (AvgIpc) is 2.49. The maximum absolute atomic E-state index is 13.9. The molecule has 1 N–H and O–H groups in total. The van der Waals surface area contributed by atoms with Gasteiger partial charge in [-0.05, 0) is 57.8 Å². The lowest BCUT2D eigenvalue weighted by Gasteiger charge is -2.50. The van der Waals surface area contributed by atoms with Gasteiger partial charge in [0.2, 0.25) is 5.91 Å². The minimum absolute atomic E-state index is 0.151. The molecule has 1 aromatic rings. The maximum atomic E-state index is 13.9. The molecule has 0 bridgehead atoms. The van der Waals surface area contributed by atoms with Gasteiger partial charge >= 0.3 is 0 Å². The van der Waals surface area contributed by atoms with Crippen molar-refractivity contribution in [3.63, 3.8) is 0 Å². The third kappa shape index (κ3) is 2.74. The van der Waals surface area contributed by atoms with Crippen LogP contribution in [-0.2, 0) is 11.3 Å². The summed E-state index contributed by atoms with van der Waals surface area (Å²) in [5.41, 5.74) is 0.335. The first kappa shape index (κ1) is 15.8. The van der Waals surface area contributed by atoms with E-state index in [0.29, 0.717) is 23.0 Å². The number of piperidine rings is 1. The number of hydrogen-bond acceptors (Lipinski definition) is 2. The zero-order valence-corrected chi connectivity index (χ0v) is 13.8. The number of nitrogens with one attached hydrogen (secondary N) is 1. The zero-order chi connectivity index (χ0) is 15.9. The second-order valence-corrected chi connectivity index (χ2v) is 7.39. The van der Waals surface area contributed by atoms with E-state index in [1.54, 1.807) is 12.1 Å². The van der Waals surface area contributed by atoms with Crippen molar-refractivity contribution >= 4 is 17.5 Å². The van der Waals surface area contributed by atoms with Crippen molar-refractivity contribution in [2.45, 2.75) is 39.3 Å². The van der Waals surface area contributed by atoms with E-state index in [1.165, 1.54) is 6.07 Å². The summed E-state index contributed by atoms with van der Waals surface area (Å²) in [5, 5.41) is 3.54. The average molecular weight is 325 g/mol. The van der Waals surface area contributed by atoms with Crippen LogP contribution < -0.4 is 5.32 Å². The lowest BCUT2D eigenvalue weighted by atomic mass is 9.68. The normalized spacial score (nSPS) is 25.6. The molecule has 0 radical (unpaired) electrons. The topological polar surface area (TPSA) is 32.3 Å². The first-order chi connectivity index (χ1) is 10.4. The highest BCUT2D eigenvalue weighted by Crippen LogP contribution is 2.38. The Morgan fingerprint density at radius 1 is 1.36 bits per heavy atom. The number of benzene rings is 1. The van der Waals surface area contributed by atoms with Crippen LogP contribution in [0.25, 0.3) is 0 Å². The Bertz CT molecular complexity index is 562. The molecule has 2 aliphatic heterocycles. The predicted octanol–water partition coefficient (Wildman–Crippen LogP) is 3.22. The van der Waals surface area contributed by atoms with E-state index >= 15 is 0 Å². The van der Waals surface area contributed by atoms with Gasteiger partial charge in [0.05, 0.1) is 5.41 Å². The Morgan fingerprint density at radius 2 is 2.05 bits per heavy atom. The molecule has 2 fully saturated rings. The lowest BCUT2D eigenvalue weighted by Crippen LogP contribution is -2.67. The van der Waals surface area contributed by atoms with E-state index in [-0.39, 0.29) is 23.2 Å². The molecule has 1 unspecified atom stereocenters. The molecular formula is C17H22ClFN2O. The number of rotatable bonds is 3. The highest BCUT2D eigenvalue weighted by Gasteiger charge is 2.50. The van der Waals surface area contributed by atoms with Crippen LogP contribution in [0, 0.1) is 17.2 Å². The number of carbonyl (C=O) groups excluding carboxylic acids is 1. The van der Waals surface area contributed by atoms with Gasteiger partial charge in [0.15, 0.2) is 0 Å². The fraction of sp³-hybridized carbons (Fsp3) is 0.588. The van der Waals surface area contributed by atoms with Crippen molar-refractivity contribution < 1.29 is 9.18 Å². The van der Waals surface area contributed by atoms with E-state index in [4.69, 9.17) is 11.6 Å². The molecule has 120 valence electrons. The lowest BCUT2D eigenvalue weighted by molar-refractivity contribution is -0.146. The minimum Gasteiger partial charge on any atom is -0.351 e. The van der Waals surface area contributed by atoms with Crippen molar-refractivity contribution in [2.24, 2.45) is 11.3 Å². The van der Waals surface area contributed by atoms with Gasteiger partial charge in [0.25, 0.3) is 0 Å². The standard InChI is InChI=1S/C17H22ClFN2O/c1-17(2)15(20-16(17)22)11-6-8-21(9-7-11)10-12-13(18)4-3-5-14(12)19/h3-5,11,15H,6-10H2,1-2H3,(H,20,22). The van der Waals surface area contributed by atoms with Gasteiger partial charge in [-0.3, -0.25) is 9.69 Å². The molecule has 1 aromatic carbocycles. The van der Waals surface area contributed by atoms with Gasteiger partial charge in [-0.1, -0.05) is 17.7 Å². The molecule has 0 saturated carbocycles. The number of amides is 1. The van der Waals surface area contributed by atoms with Gasteiger partial charge in [0.1, 0.15) is 5.82 Å². The molecule has 0 spiro atoms. The molecule has 1 atom stereocenters. The van der Waals surface area contributed by atoms with Gasteiger partial charge in [-0.2, -0.15) is 0 Å². The number of halogens is 2. The molecule has 2 aliphatic rings. The highest BCUT2D eigenvalue weighted by molar-refractivity contribution is 6.31. The number of nitrogens with zero attached hydrogens (tertiary/aromatic N) is 1. The van der Waals surface area contributed by atoms with Gasteiger partial charge in [0, 0.05) is 23.2 Å². The quantitative estimate of drug-likeness (QED) is 0.866. The molecule has 22 heavy (non-hydrogen) atoms. The van der Waals surface area contributed by atoms with E-state index in [1.807, 2.05) is 13.8 Å². The summed E-state index contributed by atoms with van der Waals surface area (Å²) < 4.78 is 13.9.